The van der Waals surface area contributed by atoms with Gasteiger partial charge in [-0.15, -0.1) is 0 Å². The van der Waals surface area contributed by atoms with Gasteiger partial charge < -0.3 is 15.3 Å². The summed E-state index contributed by atoms with van der Waals surface area (Å²) in [6.45, 7) is 5.54. The minimum atomic E-state index is -0.792. The Morgan fingerprint density at radius 1 is 0.935 bits per heavy atom. The van der Waals surface area contributed by atoms with E-state index in [0.717, 1.165) is 0 Å². The Labute approximate surface area is 180 Å². The molecule has 0 atom stereocenters. The smallest absolute Gasteiger partial charge is 0.270 e. The maximum Gasteiger partial charge on any atom is 0.270 e. The number of hydrogen-bond donors (Lipinski definition) is 3. The minimum absolute atomic E-state index is 0.00783. The fourth-order valence-electron chi connectivity index (χ4n) is 3.34. The first kappa shape index (κ1) is 21.8. The highest BCUT2D eigenvalue weighted by Gasteiger charge is 2.25. The molecule has 3 aromatic rings. The van der Waals surface area contributed by atoms with Crippen molar-refractivity contribution in [3.8, 4) is 17.2 Å². The molecule has 31 heavy (non-hydrogen) atoms. The molecule has 0 spiro atoms. The van der Waals surface area contributed by atoms with E-state index >= 15 is 0 Å². The van der Waals surface area contributed by atoms with Gasteiger partial charge in [0.15, 0.2) is 0 Å². The molecule has 3 N–H and O–H groups in total. The number of benzene rings is 3. The Morgan fingerprint density at radius 3 is 1.90 bits per heavy atom. The topological polar surface area (TPSA) is 116 Å². The Morgan fingerprint density at radius 2 is 1.45 bits per heavy atom. The molecule has 0 fully saturated rings. The van der Waals surface area contributed by atoms with Crippen molar-refractivity contribution in [2.24, 2.45) is 4.99 Å². The molecule has 7 nitrogen and oxygen atoms in total. The Kier molecular flexibility index (Phi) is 5.97. The van der Waals surface area contributed by atoms with Crippen LogP contribution >= 0.6 is 0 Å². The van der Waals surface area contributed by atoms with E-state index in [9.17, 15) is 25.4 Å². The van der Waals surface area contributed by atoms with Crippen LogP contribution in [0.1, 0.15) is 49.1 Å². The fraction of sp³-hybridized carbons (Fsp3) is 0.208. The summed E-state index contributed by atoms with van der Waals surface area (Å²) in [7, 11) is 0. The first-order valence-corrected chi connectivity index (χ1v) is 9.70. The predicted molar refractivity (Wildman–Crippen MR) is 119 cm³/mol. The van der Waals surface area contributed by atoms with Gasteiger partial charge in [-0.2, -0.15) is 0 Å². The van der Waals surface area contributed by atoms with E-state index in [1.54, 1.807) is 36.4 Å². The standard InChI is InChI=1S/C24H24N2O5/c1-24(2,3)19-13-16(26(30)31)12-15(23(19)29)14-25-22(17-8-4-6-10-20(17)27)18-9-5-7-11-21(18)28/h4-14,22,27-29H,1-3H3/b25-14+. The van der Waals surface area contributed by atoms with Crippen LogP contribution in [0, 0.1) is 10.1 Å². The number of nitro benzene ring substituents is 1. The molecule has 0 aromatic heterocycles. The fourth-order valence-corrected chi connectivity index (χ4v) is 3.34. The number of aromatic hydroxyl groups is 3. The van der Waals surface area contributed by atoms with Crippen molar-refractivity contribution in [2.75, 3.05) is 0 Å². The molecular formula is C24H24N2O5. The lowest BCUT2D eigenvalue weighted by atomic mass is 9.85. The summed E-state index contributed by atoms with van der Waals surface area (Å²) in [6.07, 6.45) is 1.33. The molecule has 0 radical (unpaired) electrons. The number of hydrogen-bond acceptors (Lipinski definition) is 6. The molecule has 0 unspecified atom stereocenters. The van der Waals surface area contributed by atoms with Crippen LogP contribution in [0.2, 0.25) is 0 Å². The molecule has 7 heteroatoms. The van der Waals surface area contributed by atoms with E-state index in [4.69, 9.17) is 0 Å². The molecule has 0 amide bonds. The Hall–Kier alpha value is -3.87. The molecule has 0 aliphatic rings. The third kappa shape index (κ3) is 4.66. The third-order valence-corrected chi connectivity index (χ3v) is 4.97. The molecule has 0 saturated heterocycles. The maximum absolute atomic E-state index is 11.4. The lowest BCUT2D eigenvalue weighted by molar-refractivity contribution is -0.385. The predicted octanol–water partition coefficient (Wildman–Crippen LogP) is 5.22. The Bertz CT molecular complexity index is 1100. The van der Waals surface area contributed by atoms with Crippen LogP contribution in [0.3, 0.4) is 0 Å². The van der Waals surface area contributed by atoms with Crippen molar-refractivity contribution >= 4 is 11.9 Å². The summed E-state index contributed by atoms with van der Waals surface area (Å²) in [5.41, 5.74) is 0.793. The van der Waals surface area contributed by atoms with E-state index < -0.39 is 16.4 Å². The highest BCUT2D eigenvalue weighted by molar-refractivity contribution is 5.86. The lowest BCUT2D eigenvalue weighted by Gasteiger charge is -2.21. The SMILES string of the molecule is CC(C)(C)c1cc([N+](=O)[O-])cc(/C=N/C(c2ccccc2O)c2ccccc2O)c1O. The van der Waals surface area contributed by atoms with Gasteiger partial charge in [-0.25, -0.2) is 0 Å². The number of phenols is 3. The van der Waals surface area contributed by atoms with Crippen molar-refractivity contribution < 1.29 is 20.2 Å². The third-order valence-electron chi connectivity index (χ3n) is 4.97. The molecule has 0 aliphatic carbocycles. The molecule has 3 aromatic carbocycles. The van der Waals surface area contributed by atoms with Crippen molar-refractivity contribution in [3.63, 3.8) is 0 Å². The van der Waals surface area contributed by atoms with Gasteiger partial charge in [-0.05, 0) is 17.5 Å². The van der Waals surface area contributed by atoms with Gasteiger partial charge in [0.25, 0.3) is 5.69 Å². The summed E-state index contributed by atoms with van der Waals surface area (Å²) in [5.74, 6) is -0.117. The van der Waals surface area contributed by atoms with Crippen molar-refractivity contribution in [3.05, 3.63) is 93.0 Å². The number of non-ortho nitro benzene ring substituents is 1. The monoisotopic (exact) mass is 420 g/mol. The number of nitro groups is 1. The van der Waals surface area contributed by atoms with Crippen molar-refractivity contribution in [1.29, 1.82) is 0 Å². The van der Waals surface area contributed by atoms with Crippen LogP contribution in [-0.2, 0) is 5.41 Å². The molecule has 0 heterocycles. The summed E-state index contributed by atoms with van der Waals surface area (Å²) in [4.78, 5) is 15.4. The number of rotatable bonds is 5. The zero-order valence-electron chi connectivity index (χ0n) is 17.5. The molecule has 0 aliphatic heterocycles. The van der Waals surface area contributed by atoms with Gasteiger partial charge in [-0.3, -0.25) is 15.1 Å². The van der Waals surface area contributed by atoms with E-state index in [0.29, 0.717) is 16.7 Å². The number of para-hydroxylation sites is 2. The van der Waals surface area contributed by atoms with Gasteiger partial charge in [-0.1, -0.05) is 57.2 Å². The Balaban J connectivity index is 2.18. The highest BCUT2D eigenvalue weighted by atomic mass is 16.6. The number of aliphatic imine (C=N–C) groups is 1. The zero-order valence-corrected chi connectivity index (χ0v) is 17.5. The first-order chi connectivity index (χ1) is 14.6. The molecular weight excluding hydrogens is 396 g/mol. The average Bonchev–Trinajstić information content (AvgIpc) is 2.70. The average molecular weight is 420 g/mol. The molecule has 0 saturated carbocycles. The highest BCUT2D eigenvalue weighted by Crippen LogP contribution is 2.38. The summed E-state index contributed by atoms with van der Waals surface area (Å²) >= 11 is 0. The second-order valence-electron chi connectivity index (χ2n) is 8.24. The van der Waals surface area contributed by atoms with Crippen LogP contribution < -0.4 is 0 Å². The molecule has 3 rings (SSSR count). The van der Waals surface area contributed by atoms with E-state index in [2.05, 4.69) is 4.99 Å². The van der Waals surface area contributed by atoms with Crippen molar-refractivity contribution in [1.82, 2.24) is 0 Å². The quantitative estimate of drug-likeness (QED) is 0.297. The van der Waals surface area contributed by atoms with Crippen LogP contribution in [0.15, 0.2) is 65.7 Å². The van der Waals surface area contributed by atoms with E-state index in [1.165, 1.54) is 30.5 Å². The van der Waals surface area contributed by atoms with Crippen LogP contribution in [-0.4, -0.2) is 26.5 Å². The van der Waals surface area contributed by atoms with Gasteiger partial charge in [0, 0.05) is 40.6 Å². The zero-order chi connectivity index (χ0) is 22.8. The van der Waals surface area contributed by atoms with Crippen molar-refractivity contribution in [2.45, 2.75) is 32.2 Å². The summed E-state index contributed by atoms with van der Waals surface area (Å²) in [6, 6.07) is 15.0. The number of phenolic OH excluding ortho intramolecular Hbond substituents is 3. The van der Waals surface area contributed by atoms with Crippen LogP contribution in [0.5, 0.6) is 17.2 Å². The maximum atomic E-state index is 11.4. The molecule has 0 bridgehead atoms. The second kappa shape index (κ2) is 8.47. The van der Waals surface area contributed by atoms with Crippen LogP contribution in [0.25, 0.3) is 0 Å². The summed E-state index contributed by atoms with van der Waals surface area (Å²) < 4.78 is 0. The molecule has 160 valence electrons. The van der Waals surface area contributed by atoms with E-state index in [1.807, 2.05) is 20.8 Å². The first-order valence-electron chi connectivity index (χ1n) is 9.70. The summed E-state index contributed by atoms with van der Waals surface area (Å²) in [5, 5.41) is 42.9. The lowest BCUT2D eigenvalue weighted by Crippen LogP contribution is -2.13. The number of nitrogens with zero attached hydrogens (tertiary/aromatic N) is 2. The largest absolute Gasteiger partial charge is 0.508 e. The normalized spacial score (nSPS) is 11.9. The van der Waals surface area contributed by atoms with E-state index in [-0.39, 0.29) is 28.5 Å². The van der Waals surface area contributed by atoms with Gasteiger partial charge >= 0.3 is 0 Å². The minimum Gasteiger partial charge on any atom is -0.508 e. The second-order valence-corrected chi connectivity index (χ2v) is 8.24. The van der Waals surface area contributed by atoms with Gasteiger partial charge in [0.2, 0.25) is 0 Å². The van der Waals surface area contributed by atoms with Gasteiger partial charge in [0.1, 0.15) is 23.3 Å². The van der Waals surface area contributed by atoms with Gasteiger partial charge in [0.05, 0.1) is 4.92 Å². The van der Waals surface area contributed by atoms with Crippen LogP contribution in [0.4, 0.5) is 5.69 Å².